The highest BCUT2D eigenvalue weighted by atomic mass is 16.4. The smallest absolute Gasteiger partial charge is 0.323 e. The van der Waals surface area contributed by atoms with Gasteiger partial charge in [0.25, 0.3) is 0 Å². The molecule has 1 fully saturated rings. The number of aliphatic carboxylic acids is 1. The summed E-state index contributed by atoms with van der Waals surface area (Å²) in [5, 5.41) is 12.4. The topological polar surface area (TPSA) is 52.6 Å². The molecule has 1 aliphatic heterocycles. The Morgan fingerprint density at radius 1 is 1.40 bits per heavy atom. The van der Waals surface area contributed by atoms with Crippen molar-refractivity contribution in [3.05, 3.63) is 0 Å². The third kappa shape index (κ3) is 5.06. The van der Waals surface area contributed by atoms with Crippen LogP contribution in [-0.2, 0) is 4.79 Å². The summed E-state index contributed by atoms with van der Waals surface area (Å²) < 4.78 is 0. The highest BCUT2D eigenvalue weighted by Crippen LogP contribution is 2.23. The van der Waals surface area contributed by atoms with Crippen molar-refractivity contribution in [3.8, 4) is 0 Å². The van der Waals surface area contributed by atoms with Crippen LogP contribution in [0.1, 0.15) is 59.8 Å². The van der Waals surface area contributed by atoms with Gasteiger partial charge in [-0.2, -0.15) is 0 Å². The maximum Gasteiger partial charge on any atom is 0.323 e. The van der Waals surface area contributed by atoms with Crippen LogP contribution in [0.25, 0.3) is 0 Å². The second kappa shape index (κ2) is 7.99. The molecule has 0 spiro atoms. The average Bonchev–Trinajstić information content (AvgIpc) is 2.37. The summed E-state index contributed by atoms with van der Waals surface area (Å²) in [5.74, 6) is 0.116. The Kier molecular flexibility index (Phi) is 6.96. The molecule has 0 aromatic carbocycles. The largest absolute Gasteiger partial charge is 0.480 e. The number of carboxylic acids is 1. The van der Waals surface area contributed by atoms with Gasteiger partial charge in [-0.1, -0.05) is 13.8 Å². The van der Waals surface area contributed by atoms with Crippen LogP contribution in [0.2, 0.25) is 0 Å². The Morgan fingerprint density at radius 3 is 2.65 bits per heavy atom. The lowest BCUT2D eigenvalue weighted by Crippen LogP contribution is -2.49. The first-order chi connectivity index (χ1) is 9.39. The van der Waals surface area contributed by atoms with Gasteiger partial charge < -0.3 is 15.3 Å². The van der Waals surface area contributed by atoms with Crippen molar-refractivity contribution in [1.82, 2.24) is 10.2 Å². The number of likely N-dealkylation sites (N-methyl/N-ethyl adjacent to an activating group) is 1. The summed E-state index contributed by atoms with van der Waals surface area (Å²) in [6.07, 6.45) is 5.36. The number of carbonyl (C=O) groups is 1. The number of carboxylic acid groups (broad SMARTS) is 1. The Labute approximate surface area is 123 Å². The summed E-state index contributed by atoms with van der Waals surface area (Å²) in [7, 11) is 0. The van der Waals surface area contributed by atoms with Crippen LogP contribution in [0, 0.1) is 5.92 Å². The molecule has 0 bridgehead atoms. The molecule has 118 valence electrons. The van der Waals surface area contributed by atoms with Crippen LogP contribution >= 0.6 is 0 Å². The molecule has 1 heterocycles. The minimum Gasteiger partial charge on any atom is -0.480 e. The number of rotatable bonds is 8. The van der Waals surface area contributed by atoms with E-state index in [0.717, 1.165) is 25.3 Å². The van der Waals surface area contributed by atoms with E-state index < -0.39 is 11.5 Å². The molecule has 0 aromatic heterocycles. The fourth-order valence-electron chi connectivity index (χ4n) is 3.24. The van der Waals surface area contributed by atoms with E-state index in [9.17, 15) is 9.90 Å². The van der Waals surface area contributed by atoms with E-state index in [4.69, 9.17) is 0 Å². The summed E-state index contributed by atoms with van der Waals surface area (Å²) in [6.45, 7) is 11.4. The van der Waals surface area contributed by atoms with Crippen LogP contribution in [0.15, 0.2) is 0 Å². The van der Waals surface area contributed by atoms with E-state index in [1.807, 2.05) is 6.92 Å². The molecule has 0 saturated carbocycles. The van der Waals surface area contributed by atoms with Crippen LogP contribution in [-0.4, -0.2) is 47.2 Å². The highest BCUT2D eigenvalue weighted by Gasteiger charge is 2.31. The summed E-state index contributed by atoms with van der Waals surface area (Å²) >= 11 is 0. The third-order valence-corrected chi connectivity index (χ3v) is 4.69. The summed E-state index contributed by atoms with van der Waals surface area (Å²) in [6, 6.07) is 0.679. The predicted octanol–water partition coefficient (Wildman–Crippen LogP) is 2.73. The Balaban J connectivity index is 2.28. The number of hydrogen-bond acceptors (Lipinski definition) is 3. The molecule has 3 unspecified atom stereocenters. The van der Waals surface area contributed by atoms with Crippen molar-refractivity contribution in [1.29, 1.82) is 0 Å². The molecule has 1 saturated heterocycles. The zero-order valence-electron chi connectivity index (χ0n) is 13.6. The van der Waals surface area contributed by atoms with Gasteiger partial charge in [0.05, 0.1) is 0 Å². The molecule has 0 radical (unpaired) electrons. The fourth-order valence-corrected chi connectivity index (χ4v) is 3.24. The third-order valence-electron chi connectivity index (χ3n) is 4.69. The SMILES string of the molecule is CCNC(C)(CCCCN1CCC(C)CC1C)C(=O)O. The van der Waals surface area contributed by atoms with Gasteiger partial charge in [0.15, 0.2) is 0 Å². The number of piperidine rings is 1. The first-order valence-corrected chi connectivity index (χ1v) is 8.11. The number of unbranched alkanes of at least 4 members (excludes halogenated alkanes) is 1. The van der Waals surface area contributed by atoms with Gasteiger partial charge >= 0.3 is 5.97 Å². The second-order valence-corrected chi connectivity index (χ2v) is 6.64. The molecule has 0 aliphatic carbocycles. The quantitative estimate of drug-likeness (QED) is 0.673. The highest BCUT2D eigenvalue weighted by molar-refractivity contribution is 5.78. The van der Waals surface area contributed by atoms with Crippen molar-refractivity contribution in [2.75, 3.05) is 19.6 Å². The van der Waals surface area contributed by atoms with Gasteiger partial charge in [0.2, 0.25) is 0 Å². The van der Waals surface area contributed by atoms with Crippen molar-refractivity contribution in [2.45, 2.75) is 71.4 Å². The second-order valence-electron chi connectivity index (χ2n) is 6.64. The Morgan fingerprint density at radius 2 is 2.10 bits per heavy atom. The molecule has 2 N–H and O–H groups in total. The first-order valence-electron chi connectivity index (χ1n) is 8.11. The van der Waals surface area contributed by atoms with E-state index in [2.05, 4.69) is 24.1 Å². The molecule has 4 heteroatoms. The van der Waals surface area contributed by atoms with Gasteiger partial charge in [0.1, 0.15) is 5.54 Å². The number of nitrogens with one attached hydrogen (secondary N) is 1. The molecule has 4 nitrogen and oxygen atoms in total. The van der Waals surface area contributed by atoms with Crippen LogP contribution in [0.5, 0.6) is 0 Å². The summed E-state index contributed by atoms with van der Waals surface area (Å²) in [5.41, 5.74) is -0.767. The van der Waals surface area contributed by atoms with E-state index in [0.29, 0.717) is 19.0 Å². The van der Waals surface area contributed by atoms with E-state index >= 15 is 0 Å². The first kappa shape index (κ1) is 17.4. The summed E-state index contributed by atoms with van der Waals surface area (Å²) in [4.78, 5) is 13.9. The normalized spacial score (nSPS) is 27.2. The van der Waals surface area contributed by atoms with Crippen LogP contribution in [0.4, 0.5) is 0 Å². The lowest BCUT2D eigenvalue weighted by atomic mass is 9.92. The van der Waals surface area contributed by atoms with E-state index in [1.165, 1.54) is 19.4 Å². The fraction of sp³-hybridized carbons (Fsp3) is 0.938. The van der Waals surface area contributed by atoms with Crippen LogP contribution < -0.4 is 5.32 Å². The molecule has 0 amide bonds. The number of likely N-dealkylation sites (tertiary alicyclic amines) is 1. The maximum atomic E-state index is 11.3. The van der Waals surface area contributed by atoms with Gasteiger partial charge in [-0.3, -0.25) is 4.79 Å². The van der Waals surface area contributed by atoms with Gasteiger partial charge in [-0.05, 0) is 71.5 Å². The molecule has 3 atom stereocenters. The van der Waals surface area contributed by atoms with Gasteiger partial charge in [-0.15, -0.1) is 0 Å². The van der Waals surface area contributed by atoms with Crippen molar-refractivity contribution < 1.29 is 9.90 Å². The van der Waals surface area contributed by atoms with Crippen molar-refractivity contribution in [2.24, 2.45) is 5.92 Å². The van der Waals surface area contributed by atoms with Crippen molar-refractivity contribution in [3.63, 3.8) is 0 Å². The molecular weight excluding hydrogens is 252 g/mol. The number of hydrogen-bond donors (Lipinski definition) is 2. The number of nitrogens with zero attached hydrogens (tertiary/aromatic N) is 1. The molecule has 0 aromatic rings. The molecule has 1 rings (SSSR count). The zero-order valence-corrected chi connectivity index (χ0v) is 13.6. The van der Waals surface area contributed by atoms with E-state index in [1.54, 1.807) is 6.92 Å². The van der Waals surface area contributed by atoms with Crippen molar-refractivity contribution >= 4 is 5.97 Å². The monoisotopic (exact) mass is 284 g/mol. The minimum absolute atomic E-state index is 0.679. The standard InChI is InChI=1S/C16H32N2O2/c1-5-17-16(4,15(19)20)9-6-7-10-18-11-8-13(2)12-14(18)3/h13-14,17H,5-12H2,1-4H3,(H,19,20). The predicted molar refractivity (Wildman–Crippen MR) is 83.0 cm³/mol. The molecular formula is C16H32N2O2. The average molecular weight is 284 g/mol. The molecule has 1 aliphatic rings. The lowest BCUT2D eigenvalue weighted by molar-refractivity contribution is -0.144. The Bertz CT molecular complexity index is 309. The van der Waals surface area contributed by atoms with Gasteiger partial charge in [-0.25, -0.2) is 0 Å². The van der Waals surface area contributed by atoms with E-state index in [-0.39, 0.29) is 0 Å². The minimum atomic E-state index is -0.767. The van der Waals surface area contributed by atoms with Crippen LogP contribution in [0.3, 0.4) is 0 Å². The zero-order chi connectivity index (χ0) is 15.2. The lowest BCUT2D eigenvalue weighted by Gasteiger charge is -2.36. The van der Waals surface area contributed by atoms with Gasteiger partial charge in [0, 0.05) is 6.04 Å². The molecule has 20 heavy (non-hydrogen) atoms. The maximum absolute atomic E-state index is 11.3. The Hall–Kier alpha value is -0.610.